The molecule has 0 radical (unpaired) electrons. The molecule has 0 saturated heterocycles. The third kappa shape index (κ3) is 4.47. The van der Waals surface area contributed by atoms with Crippen LogP contribution in [0, 0.1) is 0 Å². The van der Waals surface area contributed by atoms with Crippen LogP contribution in [0.1, 0.15) is 16.7 Å². The van der Waals surface area contributed by atoms with Crippen molar-refractivity contribution in [2.24, 2.45) is 14.1 Å². The Bertz CT molecular complexity index is 1320. The Labute approximate surface area is 176 Å². The molecule has 1 aromatic carbocycles. The summed E-state index contributed by atoms with van der Waals surface area (Å²) in [6, 6.07) is 9.58. The third-order valence-corrected chi connectivity index (χ3v) is 4.65. The largest absolute Gasteiger partial charge is 0.502 e. The second-order valence-electron chi connectivity index (χ2n) is 6.86. The molecular weight excluding hydrogens is 404 g/mol. The molecule has 0 bridgehead atoms. The van der Waals surface area contributed by atoms with Gasteiger partial charge in [0.15, 0.2) is 18.0 Å². The van der Waals surface area contributed by atoms with Crippen molar-refractivity contribution in [2.45, 2.75) is 6.54 Å². The quantitative estimate of drug-likeness (QED) is 0.201. The summed E-state index contributed by atoms with van der Waals surface area (Å²) < 4.78 is 2.37. The first kappa shape index (κ1) is 21.4. The van der Waals surface area contributed by atoms with E-state index in [1.54, 1.807) is 24.3 Å². The number of nitrogens with zero attached hydrogens (tertiary/aromatic N) is 2. The van der Waals surface area contributed by atoms with Gasteiger partial charge in [0.1, 0.15) is 11.1 Å². The molecule has 0 aliphatic rings. The molecule has 160 valence electrons. The molecule has 10 nitrogen and oxygen atoms in total. The number of rotatable bonds is 5. The predicted molar refractivity (Wildman–Crippen MR) is 112 cm³/mol. The van der Waals surface area contributed by atoms with Gasteiger partial charge in [-0.25, -0.2) is 4.99 Å². The van der Waals surface area contributed by atoms with E-state index in [4.69, 9.17) is 0 Å². The van der Waals surface area contributed by atoms with Crippen LogP contribution in [-0.4, -0.2) is 41.4 Å². The average Bonchev–Trinajstić information content (AvgIpc) is 2.74. The molecule has 2 heterocycles. The van der Waals surface area contributed by atoms with E-state index in [1.807, 2.05) is 0 Å². The number of pyridine rings is 2. The van der Waals surface area contributed by atoms with Crippen LogP contribution in [-0.2, 0) is 20.6 Å². The van der Waals surface area contributed by atoms with Crippen molar-refractivity contribution in [1.82, 2.24) is 9.13 Å². The van der Waals surface area contributed by atoms with Crippen molar-refractivity contribution >= 4 is 17.5 Å². The number of nitrogens with one attached hydrogen (secondary N) is 2. The predicted octanol–water partition coefficient (Wildman–Crippen LogP) is -2.20. The van der Waals surface area contributed by atoms with Crippen LogP contribution in [0.5, 0.6) is 11.5 Å². The number of aromatic hydroxyl groups is 2. The molecule has 3 aromatic rings. The summed E-state index contributed by atoms with van der Waals surface area (Å²) in [5.74, 6) is -1.92. The number of benzene rings is 1. The number of hydrogen-bond acceptors (Lipinski definition) is 4. The highest BCUT2D eigenvalue weighted by atomic mass is 16.3. The first-order valence-corrected chi connectivity index (χ1v) is 9.18. The summed E-state index contributed by atoms with van der Waals surface area (Å²) >= 11 is 0. The minimum absolute atomic E-state index is 0.0236. The lowest BCUT2D eigenvalue weighted by atomic mass is 10.2. The van der Waals surface area contributed by atoms with E-state index in [-0.39, 0.29) is 23.6 Å². The highest BCUT2D eigenvalue weighted by Crippen LogP contribution is 2.10. The molecule has 0 amide bonds. The minimum atomic E-state index is -0.645. The van der Waals surface area contributed by atoms with Crippen LogP contribution in [0.2, 0.25) is 0 Å². The molecule has 0 atom stereocenters. The van der Waals surface area contributed by atoms with Gasteiger partial charge in [0.25, 0.3) is 11.1 Å². The van der Waals surface area contributed by atoms with E-state index in [0.29, 0.717) is 11.3 Å². The SMILES string of the molecule is Cn1ccc(C(O)=[NH+]Cc2cccc([NH+]=C(O)c3ccn(C)c(=O)c3O)c2)c(O)c1=O. The highest BCUT2D eigenvalue weighted by Gasteiger charge is 2.18. The molecule has 2 aromatic heterocycles. The maximum atomic E-state index is 11.8. The Morgan fingerprint density at radius 1 is 0.871 bits per heavy atom. The van der Waals surface area contributed by atoms with Crippen LogP contribution >= 0.6 is 0 Å². The molecule has 6 N–H and O–H groups in total. The molecule has 31 heavy (non-hydrogen) atoms. The fourth-order valence-corrected chi connectivity index (χ4v) is 2.86. The van der Waals surface area contributed by atoms with Gasteiger partial charge in [-0.3, -0.25) is 9.59 Å². The second-order valence-corrected chi connectivity index (χ2v) is 6.86. The smallest absolute Gasteiger partial charge is 0.375 e. The minimum Gasteiger partial charge on any atom is -0.502 e. The van der Waals surface area contributed by atoms with E-state index in [2.05, 4.69) is 9.98 Å². The number of hydrogen-bond donors (Lipinski definition) is 6. The lowest BCUT2D eigenvalue weighted by Crippen LogP contribution is -2.72. The maximum absolute atomic E-state index is 11.8. The van der Waals surface area contributed by atoms with Gasteiger partial charge in [-0.15, -0.1) is 0 Å². The molecule has 10 heteroatoms. The topological polar surface area (TPSA) is 153 Å². The summed E-state index contributed by atoms with van der Waals surface area (Å²) in [6.07, 6.45) is 2.84. The third-order valence-electron chi connectivity index (χ3n) is 4.65. The Hall–Kier alpha value is -4.34. The lowest BCUT2D eigenvalue weighted by Gasteiger charge is -2.02. The first-order chi connectivity index (χ1) is 14.7. The molecule has 0 saturated carbocycles. The van der Waals surface area contributed by atoms with Crippen molar-refractivity contribution < 1.29 is 30.4 Å². The Balaban J connectivity index is 1.86. The summed E-state index contributed by atoms with van der Waals surface area (Å²) in [5, 5.41) is 40.4. The summed E-state index contributed by atoms with van der Waals surface area (Å²) in [4.78, 5) is 29.0. The van der Waals surface area contributed by atoms with Crippen molar-refractivity contribution in [3.63, 3.8) is 0 Å². The Kier molecular flexibility index (Phi) is 5.91. The van der Waals surface area contributed by atoms with Crippen LogP contribution in [0.15, 0.2) is 58.4 Å². The molecule has 0 spiro atoms. The standard InChI is InChI=1S/C21H20N4O6/c1-24-8-6-14(16(26)20(24)30)18(28)22-11-12-4-3-5-13(10-12)23-19(29)15-7-9-25(2)21(31)17(15)27/h3-10,26-27H,11H2,1-2H3,(H,22,28)(H,23,29)/p+2. The molecule has 0 fully saturated rings. The molecule has 3 rings (SSSR count). The van der Waals surface area contributed by atoms with E-state index in [0.717, 1.165) is 0 Å². The zero-order valence-electron chi connectivity index (χ0n) is 16.8. The van der Waals surface area contributed by atoms with Gasteiger partial charge in [0, 0.05) is 44.2 Å². The van der Waals surface area contributed by atoms with E-state index >= 15 is 0 Å². The van der Waals surface area contributed by atoms with Crippen molar-refractivity contribution in [3.05, 3.63) is 86.2 Å². The second kappa shape index (κ2) is 8.57. The van der Waals surface area contributed by atoms with Crippen molar-refractivity contribution in [1.29, 1.82) is 0 Å². The van der Waals surface area contributed by atoms with Crippen molar-refractivity contribution in [2.75, 3.05) is 0 Å². The lowest BCUT2D eigenvalue weighted by molar-refractivity contribution is -0.483. The van der Waals surface area contributed by atoms with Gasteiger partial charge in [-0.05, 0) is 12.1 Å². The Morgan fingerprint density at radius 2 is 1.42 bits per heavy atom. The van der Waals surface area contributed by atoms with E-state index in [1.165, 1.54) is 47.8 Å². The average molecular weight is 426 g/mol. The van der Waals surface area contributed by atoms with Gasteiger partial charge in [0.2, 0.25) is 5.69 Å². The van der Waals surface area contributed by atoms with Crippen LogP contribution in [0.25, 0.3) is 0 Å². The zero-order chi connectivity index (χ0) is 22.7. The highest BCUT2D eigenvalue weighted by molar-refractivity contribution is 5.91. The van der Waals surface area contributed by atoms with Crippen molar-refractivity contribution in [3.8, 4) is 11.5 Å². The van der Waals surface area contributed by atoms with Gasteiger partial charge in [0.05, 0.1) is 0 Å². The van der Waals surface area contributed by atoms with Gasteiger partial charge in [-0.2, -0.15) is 4.99 Å². The zero-order valence-corrected chi connectivity index (χ0v) is 16.8. The van der Waals surface area contributed by atoms with Crippen LogP contribution in [0.4, 0.5) is 5.69 Å². The van der Waals surface area contributed by atoms with E-state index in [9.17, 15) is 30.0 Å². The normalized spacial score (nSPS) is 12.2. The molecule has 0 unspecified atom stereocenters. The van der Waals surface area contributed by atoms with Gasteiger partial charge >= 0.3 is 11.8 Å². The molecule has 0 aliphatic carbocycles. The van der Waals surface area contributed by atoms with Crippen LogP contribution < -0.4 is 21.1 Å². The van der Waals surface area contributed by atoms with Gasteiger partial charge in [-0.1, -0.05) is 12.1 Å². The van der Waals surface area contributed by atoms with Gasteiger partial charge < -0.3 is 29.6 Å². The summed E-state index contributed by atoms with van der Waals surface area (Å²) in [7, 11) is 2.96. The number of aryl methyl sites for hydroxylation is 2. The summed E-state index contributed by atoms with van der Waals surface area (Å²) in [6.45, 7) is 0.147. The van der Waals surface area contributed by atoms with Crippen LogP contribution in [0.3, 0.4) is 0 Å². The fraction of sp³-hybridized carbons (Fsp3) is 0.143. The molecular formula is C21H22N4O6+2. The maximum Gasteiger partial charge on any atom is 0.375 e. The Morgan fingerprint density at radius 3 is 2.00 bits per heavy atom. The summed E-state index contributed by atoms with van der Waals surface area (Å²) in [5.41, 5.74) is -0.187. The first-order valence-electron chi connectivity index (χ1n) is 9.18. The fourth-order valence-electron chi connectivity index (χ4n) is 2.86. The monoisotopic (exact) mass is 426 g/mol. The molecule has 0 aliphatic heterocycles. The number of aromatic nitrogens is 2. The number of aliphatic hydroxyl groups is 2. The number of aliphatic hydroxyl groups excluding tert-OH is 2. The van der Waals surface area contributed by atoms with E-state index < -0.39 is 28.5 Å².